The van der Waals surface area contributed by atoms with E-state index in [1.165, 1.54) is 6.42 Å². The number of carbonyl (C=O) groups excluding carboxylic acids is 1. The predicted molar refractivity (Wildman–Crippen MR) is 65.8 cm³/mol. The molecular formula is C13H15N3O. The zero-order valence-electron chi connectivity index (χ0n) is 9.65. The molecule has 1 fully saturated rings. The number of piperidine rings is 1. The van der Waals surface area contributed by atoms with E-state index >= 15 is 0 Å². The van der Waals surface area contributed by atoms with Gasteiger partial charge in [-0.15, -0.1) is 0 Å². The Morgan fingerprint density at radius 2 is 2.06 bits per heavy atom. The number of aromatic nitrogens is 2. The monoisotopic (exact) mass is 229 g/mol. The molecule has 0 aliphatic carbocycles. The van der Waals surface area contributed by atoms with Crippen molar-refractivity contribution in [2.45, 2.75) is 19.3 Å². The van der Waals surface area contributed by atoms with Gasteiger partial charge in [-0.1, -0.05) is 6.07 Å². The topological polar surface area (TPSA) is 49.0 Å². The fraction of sp³-hybridized carbons (Fsp3) is 0.385. The van der Waals surface area contributed by atoms with Crippen LogP contribution in [0.15, 0.2) is 24.4 Å². The molecule has 0 unspecified atom stereocenters. The molecule has 0 bridgehead atoms. The molecule has 1 aromatic heterocycles. The average Bonchev–Trinajstić information content (AvgIpc) is 2.87. The van der Waals surface area contributed by atoms with E-state index < -0.39 is 0 Å². The molecule has 0 saturated carbocycles. The molecule has 1 aromatic carbocycles. The van der Waals surface area contributed by atoms with Gasteiger partial charge in [-0.3, -0.25) is 9.89 Å². The third-order valence-corrected chi connectivity index (χ3v) is 3.36. The Morgan fingerprint density at radius 3 is 2.88 bits per heavy atom. The second-order valence-electron chi connectivity index (χ2n) is 4.49. The first kappa shape index (κ1) is 10.3. The molecule has 0 radical (unpaired) electrons. The Hall–Kier alpha value is -1.84. The number of hydrogen-bond donors (Lipinski definition) is 1. The van der Waals surface area contributed by atoms with E-state index in [1.807, 2.05) is 23.1 Å². The summed E-state index contributed by atoms with van der Waals surface area (Å²) in [6.07, 6.45) is 5.20. The maximum absolute atomic E-state index is 12.4. The van der Waals surface area contributed by atoms with E-state index in [2.05, 4.69) is 10.2 Å². The van der Waals surface area contributed by atoms with Gasteiger partial charge >= 0.3 is 0 Å². The van der Waals surface area contributed by atoms with Gasteiger partial charge < -0.3 is 4.90 Å². The minimum Gasteiger partial charge on any atom is -0.339 e. The summed E-state index contributed by atoms with van der Waals surface area (Å²) in [5.41, 5.74) is 1.69. The largest absolute Gasteiger partial charge is 0.339 e. The second-order valence-corrected chi connectivity index (χ2v) is 4.49. The highest BCUT2D eigenvalue weighted by Gasteiger charge is 2.20. The fourth-order valence-electron chi connectivity index (χ4n) is 2.42. The SMILES string of the molecule is O=C(c1cccc2[nH]ncc12)N1CCCCC1. The van der Waals surface area contributed by atoms with E-state index in [-0.39, 0.29) is 5.91 Å². The van der Waals surface area contributed by atoms with Crippen LogP contribution in [0.25, 0.3) is 10.9 Å². The first-order valence-corrected chi connectivity index (χ1v) is 6.07. The molecular weight excluding hydrogens is 214 g/mol. The Labute approximate surface area is 99.6 Å². The average molecular weight is 229 g/mol. The van der Waals surface area contributed by atoms with Gasteiger partial charge in [-0.05, 0) is 31.4 Å². The van der Waals surface area contributed by atoms with Crippen LogP contribution in [0.5, 0.6) is 0 Å². The lowest BCUT2D eigenvalue weighted by molar-refractivity contribution is 0.0726. The first-order valence-electron chi connectivity index (χ1n) is 6.07. The number of H-pyrrole nitrogens is 1. The number of aromatic amines is 1. The van der Waals surface area contributed by atoms with Crippen LogP contribution in [0.1, 0.15) is 29.6 Å². The van der Waals surface area contributed by atoms with Gasteiger partial charge in [0.2, 0.25) is 0 Å². The highest BCUT2D eigenvalue weighted by Crippen LogP contribution is 2.19. The van der Waals surface area contributed by atoms with Gasteiger partial charge in [0, 0.05) is 18.5 Å². The van der Waals surface area contributed by atoms with Crippen molar-refractivity contribution in [3.05, 3.63) is 30.0 Å². The van der Waals surface area contributed by atoms with Crippen molar-refractivity contribution in [1.82, 2.24) is 15.1 Å². The molecule has 0 atom stereocenters. The van der Waals surface area contributed by atoms with E-state index in [4.69, 9.17) is 0 Å². The molecule has 2 heterocycles. The smallest absolute Gasteiger partial charge is 0.254 e. The summed E-state index contributed by atoms with van der Waals surface area (Å²) in [6, 6.07) is 5.72. The molecule has 2 aromatic rings. The lowest BCUT2D eigenvalue weighted by Gasteiger charge is -2.26. The molecule has 0 spiro atoms. The van der Waals surface area contributed by atoms with Crippen molar-refractivity contribution in [2.75, 3.05) is 13.1 Å². The molecule has 3 rings (SSSR count). The minimum absolute atomic E-state index is 0.136. The van der Waals surface area contributed by atoms with Crippen LogP contribution in [0.4, 0.5) is 0 Å². The summed E-state index contributed by atoms with van der Waals surface area (Å²) in [6.45, 7) is 1.76. The maximum Gasteiger partial charge on any atom is 0.254 e. The summed E-state index contributed by atoms with van der Waals surface area (Å²) >= 11 is 0. The second kappa shape index (κ2) is 4.20. The Morgan fingerprint density at radius 1 is 1.24 bits per heavy atom. The molecule has 1 aliphatic rings. The number of carbonyl (C=O) groups is 1. The van der Waals surface area contributed by atoms with Crippen LogP contribution in [0.2, 0.25) is 0 Å². The van der Waals surface area contributed by atoms with E-state index in [0.717, 1.165) is 42.4 Å². The van der Waals surface area contributed by atoms with Crippen LogP contribution in [-0.4, -0.2) is 34.1 Å². The maximum atomic E-state index is 12.4. The van der Waals surface area contributed by atoms with Gasteiger partial charge in [-0.25, -0.2) is 0 Å². The minimum atomic E-state index is 0.136. The van der Waals surface area contributed by atoms with E-state index in [0.29, 0.717) is 0 Å². The Balaban J connectivity index is 1.97. The van der Waals surface area contributed by atoms with Crippen molar-refractivity contribution in [3.8, 4) is 0 Å². The van der Waals surface area contributed by atoms with Crippen molar-refractivity contribution < 1.29 is 4.79 Å². The van der Waals surface area contributed by atoms with Crippen LogP contribution < -0.4 is 0 Å². The summed E-state index contributed by atoms with van der Waals surface area (Å²) in [5.74, 6) is 0.136. The zero-order chi connectivity index (χ0) is 11.7. The van der Waals surface area contributed by atoms with Crippen LogP contribution in [0, 0.1) is 0 Å². The first-order chi connectivity index (χ1) is 8.36. The van der Waals surface area contributed by atoms with Crippen molar-refractivity contribution in [1.29, 1.82) is 0 Å². The summed E-state index contributed by atoms with van der Waals surface area (Å²) in [4.78, 5) is 14.3. The zero-order valence-corrected chi connectivity index (χ0v) is 9.65. The molecule has 17 heavy (non-hydrogen) atoms. The number of hydrogen-bond acceptors (Lipinski definition) is 2. The van der Waals surface area contributed by atoms with E-state index in [9.17, 15) is 4.79 Å². The highest BCUT2D eigenvalue weighted by molar-refractivity contribution is 6.06. The van der Waals surface area contributed by atoms with Gasteiger partial charge in [-0.2, -0.15) is 5.10 Å². The van der Waals surface area contributed by atoms with Crippen LogP contribution >= 0.6 is 0 Å². The number of likely N-dealkylation sites (tertiary alicyclic amines) is 1. The molecule has 1 aliphatic heterocycles. The number of fused-ring (bicyclic) bond motifs is 1. The summed E-state index contributed by atoms with van der Waals surface area (Å²) in [5, 5.41) is 7.81. The summed E-state index contributed by atoms with van der Waals surface area (Å²) in [7, 11) is 0. The number of nitrogens with one attached hydrogen (secondary N) is 1. The van der Waals surface area contributed by atoms with Gasteiger partial charge in [0.15, 0.2) is 0 Å². The van der Waals surface area contributed by atoms with Crippen molar-refractivity contribution in [2.24, 2.45) is 0 Å². The normalized spacial score (nSPS) is 16.4. The highest BCUT2D eigenvalue weighted by atomic mass is 16.2. The van der Waals surface area contributed by atoms with Gasteiger partial charge in [0.05, 0.1) is 17.3 Å². The van der Waals surface area contributed by atoms with E-state index in [1.54, 1.807) is 6.20 Å². The molecule has 1 saturated heterocycles. The Kier molecular flexibility index (Phi) is 2.55. The summed E-state index contributed by atoms with van der Waals surface area (Å²) < 4.78 is 0. The predicted octanol–water partition coefficient (Wildman–Crippen LogP) is 2.19. The number of benzene rings is 1. The quantitative estimate of drug-likeness (QED) is 0.814. The van der Waals surface area contributed by atoms with Gasteiger partial charge in [0.25, 0.3) is 5.91 Å². The fourth-order valence-corrected chi connectivity index (χ4v) is 2.42. The molecule has 1 N–H and O–H groups in total. The van der Waals surface area contributed by atoms with Crippen LogP contribution in [0.3, 0.4) is 0 Å². The third-order valence-electron chi connectivity index (χ3n) is 3.36. The van der Waals surface area contributed by atoms with Crippen molar-refractivity contribution in [3.63, 3.8) is 0 Å². The number of rotatable bonds is 1. The van der Waals surface area contributed by atoms with Crippen molar-refractivity contribution >= 4 is 16.8 Å². The van der Waals surface area contributed by atoms with Gasteiger partial charge in [0.1, 0.15) is 0 Å². The Bertz CT molecular complexity index is 540. The third kappa shape index (κ3) is 1.79. The van der Waals surface area contributed by atoms with Crippen LogP contribution in [-0.2, 0) is 0 Å². The lowest BCUT2D eigenvalue weighted by Crippen LogP contribution is -2.35. The number of amides is 1. The molecule has 1 amide bonds. The standard InChI is InChI=1S/C13H15N3O/c17-13(16-7-2-1-3-8-16)10-5-4-6-12-11(10)9-14-15-12/h4-6,9H,1-3,7-8H2,(H,14,15). The lowest BCUT2D eigenvalue weighted by atomic mass is 10.1. The molecule has 4 nitrogen and oxygen atoms in total. The number of nitrogens with zero attached hydrogens (tertiary/aromatic N) is 2. The molecule has 4 heteroatoms. The molecule has 88 valence electrons.